The number of hydrogen-bond acceptors (Lipinski definition) is 11. The SMILES string of the molecule is COC(=O)[C@H](CCNC(=O)C(=O)Cc1ccc(F)c(F)c1)NC(=O)c1ccc(Nc2nc(NC3(c4ccc(Cl)cc4)CC3)nc(OCC(F)(F)F)n2)cc1. The van der Waals surface area contributed by atoms with E-state index in [1.807, 2.05) is 12.1 Å². The van der Waals surface area contributed by atoms with Crippen LogP contribution >= 0.6 is 11.6 Å². The maximum Gasteiger partial charge on any atom is 0.422 e. The van der Waals surface area contributed by atoms with Gasteiger partial charge in [0.2, 0.25) is 17.7 Å². The molecule has 13 nitrogen and oxygen atoms in total. The van der Waals surface area contributed by atoms with Gasteiger partial charge in [0.05, 0.1) is 12.6 Å². The number of halogens is 6. The topological polar surface area (TPSA) is 174 Å². The van der Waals surface area contributed by atoms with Crippen LogP contribution < -0.4 is 26.0 Å². The lowest BCUT2D eigenvalue weighted by atomic mass is 10.1. The Morgan fingerprint density at radius 2 is 1.59 bits per heavy atom. The van der Waals surface area contributed by atoms with Crippen molar-refractivity contribution in [3.8, 4) is 6.01 Å². The average molecular weight is 776 g/mol. The van der Waals surface area contributed by atoms with Crippen molar-refractivity contribution in [1.29, 1.82) is 0 Å². The molecule has 1 atom stereocenters. The molecule has 4 aromatic rings. The number of nitrogens with one attached hydrogen (secondary N) is 4. The summed E-state index contributed by atoms with van der Waals surface area (Å²) in [6.07, 6.45) is -3.93. The minimum absolute atomic E-state index is 0.0502. The average Bonchev–Trinajstić information content (AvgIpc) is 3.91. The van der Waals surface area contributed by atoms with E-state index in [0.29, 0.717) is 23.6 Å². The van der Waals surface area contributed by atoms with Crippen LogP contribution in [0.2, 0.25) is 5.02 Å². The molecule has 1 fully saturated rings. The molecule has 1 aromatic heterocycles. The maximum atomic E-state index is 13.4. The number of amides is 2. The second kappa shape index (κ2) is 16.8. The standard InChI is InChI=1S/C35H31ClF5N7O6/c1-53-30(52)26(12-15-42-29(51)27(49)17-19-2-11-24(37)25(38)16-19)44-28(50)20-3-9-23(10-4-20)43-31-45-32(47-33(46-31)54-18-35(39,40)41)48-34(13-14-34)21-5-7-22(36)8-6-21/h2-11,16,26H,12-15,17-18H2,1H3,(H,42,51)(H,44,50)(H2,43,45,46,47,48)/t26-/m0/s1. The number of anilines is 3. The zero-order valence-corrected chi connectivity index (χ0v) is 29.0. The van der Waals surface area contributed by atoms with Crippen molar-refractivity contribution >= 4 is 52.8 Å². The van der Waals surface area contributed by atoms with Crippen molar-refractivity contribution in [3.05, 3.63) is 100 Å². The van der Waals surface area contributed by atoms with E-state index in [1.54, 1.807) is 12.1 Å². The van der Waals surface area contributed by atoms with Crippen LogP contribution in [0.4, 0.5) is 39.5 Å². The maximum absolute atomic E-state index is 13.4. The first-order chi connectivity index (χ1) is 25.6. The highest BCUT2D eigenvalue weighted by molar-refractivity contribution is 6.36. The summed E-state index contributed by atoms with van der Waals surface area (Å²) < 4.78 is 74.9. The van der Waals surface area contributed by atoms with Crippen molar-refractivity contribution in [1.82, 2.24) is 25.6 Å². The van der Waals surface area contributed by atoms with Gasteiger partial charge in [-0.1, -0.05) is 29.8 Å². The van der Waals surface area contributed by atoms with E-state index in [9.17, 15) is 41.1 Å². The second-order valence-corrected chi connectivity index (χ2v) is 12.5. The van der Waals surface area contributed by atoms with Gasteiger partial charge in [-0.3, -0.25) is 14.4 Å². The molecule has 0 spiro atoms. The Balaban J connectivity index is 1.20. The fourth-order valence-electron chi connectivity index (χ4n) is 5.08. The number of carbonyl (C=O) groups is 4. The normalized spacial score (nSPS) is 13.6. The first-order valence-corrected chi connectivity index (χ1v) is 16.5. The van der Waals surface area contributed by atoms with Crippen molar-refractivity contribution in [2.75, 3.05) is 30.9 Å². The molecule has 4 N–H and O–H groups in total. The summed E-state index contributed by atoms with van der Waals surface area (Å²) in [7, 11) is 1.09. The summed E-state index contributed by atoms with van der Waals surface area (Å²) in [5, 5.41) is 11.4. The van der Waals surface area contributed by atoms with E-state index in [0.717, 1.165) is 30.9 Å². The predicted molar refractivity (Wildman–Crippen MR) is 183 cm³/mol. The van der Waals surface area contributed by atoms with Gasteiger partial charge in [-0.2, -0.15) is 28.1 Å². The number of rotatable bonds is 16. The molecule has 0 saturated heterocycles. The van der Waals surface area contributed by atoms with E-state index in [4.69, 9.17) is 21.1 Å². The van der Waals surface area contributed by atoms with Gasteiger partial charge in [0.25, 0.3) is 11.8 Å². The van der Waals surface area contributed by atoms with Gasteiger partial charge >= 0.3 is 18.2 Å². The Morgan fingerprint density at radius 3 is 2.22 bits per heavy atom. The zero-order chi connectivity index (χ0) is 39.0. The quantitative estimate of drug-likeness (QED) is 0.0671. The monoisotopic (exact) mass is 775 g/mol. The summed E-state index contributed by atoms with van der Waals surface area (Å²) in [5.74, 6) is -6.00. The van der Waals surface area contributed by atoms with Gasteiger partial charge in [0.1, 0.15) is 6.04 Å². The number of alkyl halides is 3. The summed E-state index contributed by atoms with van der Waals surface area (Å²) in [4.78, 5) is 62.2. The molecule has 54 heavy (non-hydrogen) atoms. The Kier molecular flexibility index (Phi) is 12.3. The van der Waals surface area contributed by atoms with E-state index < -0.39 is 72.0 Å². The van der Waals surface area contributed by atoms with Crippen LogP contribution in [0, 0.1) is 11.6 Å². The van der Waals surface area contributed by atoms with E-state index in [2.05, 4.69) is 36.2 Å². The summed E-state index contributed by atoms with van der Waals surface area (Å²) in [6, 6.07) is 13.7. The van der Waals surface area contributed by atoms with Crippen LogP contribution in [0.25, 0.3) is 0 Å². The number of methoxy groups -OCH3 is 1. The number of nitrogens with zero attached hydrogens (tertiary/aromatic N) is 3. The number of benzene rings is 3. The van der Waals surface area contributed by atoms with Crippen molar-refractivity contribution < 1.29 is 50.6 Å². The molecule has 1 aliphatic rings. The van der Waals surface area contributed by atoms with Gasteiger partial charge in [-0.25, -0.2) is 13.6 Å². The largest absolute Gasteiger partial charge is 0.467 e. The number of hydrogen-bond donors (Lipinski definition) is 4. The third-order valence-corrected chi connectivity index (χ3v) is 8.24. The molecule has 19 heteroatoms. The van der Waals surface area contributed by atoms with Gasteiger partial charge in [0, 0.05) is 29.2 Å². The van der Waals surface area contributed by atoms with Crippen molar-refractivity contribution in [2.24, 2.45) is 0 Å². The molecule has 0 radical (unpaired) electrons. The Morgan fingerprint density at radius 1 is 0.907 bits per heavy atom. The summed E-state index contributed by atoms with van der Waals surface area (Å²) >= 11 is 6.01. The highest BCUT2D eigenvalue weighted by Crippen LogP contribution is 2.48. The van der Waals surface area contributed by atoms with Crippen LogP contribution in [0.5, 0.6) is 6.01 Å². The van der Waals surface area contributed by atoms with E-state index in [-0.39, 0.29) is 36.0 Å². The summed E-state index contributed by atoms with van der Waals surface area (Å²) in [5.41, 5.74) is 0.801. The number of ether oxygens (including phenoxy) is 2. The third kappa shape index (κ3) is 10.8. The number of Topliss-reactive ketones (excluding diaryl/α,β-unsaturated/α-hetero) is 1. The Bertz CT molecular complexity index is 2020. The molecule has 3 aromatic carbocycles. The van der Waals surface area contributed by atoms with Crippen LogP contribution in [-0.2, 0) is 31.1 Å². The first-order valence-electron chi connectivity index (χ1n) is 16.1. The van der Waals surface area contributed by atoms with Crippen LogP contribution in [0.15, 0.2) is 66.7 Å². The Labute approximate surface area is 309 Å². The molecule has 0 bridgehead atoms. The van der Waals surface area contributed by atoms with Gasteiger partial charge in [0.15, 0.2) is 18.2 Å². The molecule has 0 unspecified atom stereocenters. The molecule has 2 amide bonds. The molecule has 284 valence electrons. The van der Waals surface area contributed by atoms with Gasteiger partial charge < -0.3 is 30.7 Å². The zero-order valence-electron chi connectivity index (χ0n) is 28.2. The molecule has 1 aliphatic carbocycles. The van der Waals surface area contributed by atoms with Crippen LogP contribution in [0.1, 0.15) is 40.7 Å². The smallest absolute Gasteiger partial charge is 0.422 e. The number of aromatic nitrogens is 3. The van der Waals surface area contributed by atoms with Crippen LogP contribution in [-0.4, -0.2) is 71.0 Å². The number of esters is 1. The number of ketones is 1. The van der Waals surface area contributed by atoms with Gasteiger partial charge in [-0.05, 0) is 78.9 Å². The minimum atomic E-state index is -4.65. The number of carbonyl (C=O) groups excluding carboxylic acids is 4. The van der Waals surface area contributed by atoms with Crippen LogP contribution in [0.3, 0.4) is 0 Å². The highest BCUT2D eigenvalue weighted by Gasteiger charge is 2.45. The van der Waals surface area contributed by atoms with E-state index in [1.165, 1.54) is 24.3 Å². The molecular weight excluding hydrogens is 745 g/mol. The predicted octanol–water partition coefficient (Wildman–Crippen LogP) is 5.18. The first kappa shape index (κ1) is 39.3. The lowest BCUT2D eigenvalue weighted by Gasteiger charge is -2.19. The van der Waals surface area contributed by atoms with E-state index >= 15 is 0 Å². The fraction of sp³-hybridized carbons (Fsp3) is 0.286. The van der Waals surface area contributed by atoms with Crippen molar-refractivity contribution in [2.45, 2.75) is 43.4 Å². The second-order valence-electron chi connectivity index (χ2n) is 12.0. The molecular formula is C35H31ClF5N7O6. The minimum Gasteiger partial charge on any atom is -0.467 e. The van der Waals surface area contributed by atoms with Crippen molar-refractivity contribution in [3.63, 3.8) is 0 Å². The molecule has 1 saturated carbocycles. The van der Waals surface area contributed by atoms with Gasteiger partial charge in [-0.15, -0.1) is 0 Å². The third-order valence-electron chi connectivity index (χ3n) is 7.99. The molecule has 5 rings (SSSR count). The molecule has 0 aliphatic heterocycles. The highest BCUT2D eigenvalue weighted by atomic mass is 35.5. The summed E-state index contributed by atoms with van der Waals surface area (Å²) in [6.45, 7) is -1.87. The lowest BCUT2D eigenvalue weighted by Crippen LogP contribution is -2.44. The Hall–Kier alpha value is -5.91. The lowest BCUT2D eigenvalue weighted by molar-refractivity contribution is -0.154. The molecule has 1 heterocycles. The fourth-order valence-corrected chi connectivity index (χ4v) is 5.21.